The van der Waals surface area contributed by atoms with Crippen LogP contribution in [0.15, 0.2) is 200 Å². The molecule has 0 aromatic heterocycles. The van der Waals surface area contributed by atoms with Gasteiger partial charge in [-0.15, -0.1) is 0 Å². The van der Waals surface area contributed by atoms with Crippen molar-refractivity contribution < 1.29 is 0 Å². The highest BCUT2D eigenvalue weighted by Crippen LogP contribution is 2.41. The van der Waals surface area contributed by atoms with Crippen molar-refractivity contribution in [2.45, 2.75) is 19.3 Å². The first-order valence-corrected chi connectivity index (χ1v) is 17.7. The van der Waals surface area contributed by atoms with E-state index < -0.39 is 0 Å². The second-order valence-corrected chi connectivity index (χ2v) is 13.3. The van der Waals surface area contributed by atoms with Gasteiger partial charge in [-0.3, -0.25) is 0 Å². The van der Waals surface area contributed by atoms with Crippen LogP contribution in [-0.2, 0) is 0 Å². The Morgan fingerprint density at radius 2 is 1.00 bits per heavy atom. The lowest BCUT2D eigenvalue weighted by Crippen LogP contribution is -2.14. The summed E-state index contributed by atoms with van der Waals surface area (Å²) >= 11 is 0. The molecule has 0 aliphatic heterocycles. The minimum absolute atomic E-state index is 0.194. The molecule has 2 heteroatoms. The van der Waals surface area contributed by atoms with Gasteiger partial charge in [0.05, 0.1) is 0 Å². The summed E-state index contributed by atoms with van der Waals surface area (Å²) in [6.07, 6.45) is 5.48. The number of para-hydroxylation sites is 1. The molecule has 1 unspecified atom stereocenters. The summed E-state index contributed by atoms with van der Waals surface area (Å²) in [6, 6.07) is 65.0. The van der Waals surface area contributed by atoms with E-state index in [2.05, 4.69) is 212 Å². The Bertz CT molecular complexity index is 2350. The minimum atomic E-state index is 0.194. The van der Waals surface area contributed by atoms with Crippen LogP contribution in [0.4, 0.5) is 17.1 Å². The largest absolute Gasteiger partial charge is 0.358 e. The van der Waals surface area contributed by atoms with Crippen LogP contribution in [0, 0.1) is 6.92 Å². The Balaban J connectivity index is 1.10. The summed E-state index contributed by atoms with van der Waals surface area (Å²) in [6.45, 7) is 2.18. The fourth-order valence-electron chi connectivity index (χ4n) is 7.10. The molecule has 1 aliphatic rings. The highest BCUT2D eigenvalue weighted by molar-refractivity contribution is 5.84. The van der Waals surface area contributed by atoms with Gasteiger partial charge in [-0.05, 0) is 100 Å². The van der Waals surface area contributed by atoms with E-state index in [1.54, 1.807) is 0 Å². The van der Waals surface area contributed by atoms with Crippen molar-refractivity contribution in [2.75, 3.05) is 10.6 Å². The molecule has 246 valence electrons. The SMILES string of the molecule is Cc1cccc(C2CC(c3cccc(-c4ccccc4Nc4cccc(-c5ccccc5)c4)c3)=CC=C2Nc2cccc(-c3ccccc3)c2)c1. The molecule has 0 heterocycles. The Labute approximate surface area is 301 Å². The molecule has 8 rings (SSSR count). The molecular weight excluding hydrogens is 617 g/mol. The highest BCUT2D eigenvalue weighted by Gasteiger charge is 2.23. The molecule has 0 spiro atoms. The van der Waals surface area contributed by atoms with Gasteiger partial charge in [-0.25, -0.2) is 0 Å². The van der Waals surface area contributed by atoms with Gasteiger partial charge in [0, 0.05) is 34.2 Å². The van der Waals surface area contributed by atoms with Gasteiger partial charge in [0.1, 0.15) is 0 Å². The Morgan fingerprint density at radius 1 is 0.431 bits per heavy atom. The maximum atomic E-state index is 3.82. The van der Waals surface area contributed by atoms with E-state index >= 15 is 0 Å². The summed E-state index contributed by atoms with van der Waals surface area (Å²) in [5, 5.41) is 7.55. The lowest BCUT2D eigenvalue weighted by Gasteiger charge is -2.27. The quantitative estimate of drug-likeness (QED) is 0.162. The van der Waals surface area contributed by atoms with E-state index in [0.717, 1.165) is 23.5 Å². The van der Waals surface area contributed by atoms with Crippen molar-refractivity contribution in [1.29, 1.82) is 0 Å². The average Bonchev–Trinajstić information content (AvgIpc) is 3.19. The minimum Gasteiger partial charge on any atom is -0.358 e. The maximum Gasteiger partial charge on any atom is 0.0463 e. The van der Waals surface area contributed by atoms with Crippen molar-refractivity contribution in [3.63, 3.8) is 0 Å². The molecule has 1 atom stereocenters. The van der Waals surface area contributed by atoms with Gasteiger partial charge in [-0.2, -0.15) is 0 Å². The third-order valence-corrected chi connectivity index (χ3v) is 9.69. The first kappa shape index (κ1) is 31.9. The van der Waals surface area contributed by atoms with Crippen LogP contribution in [0.1, 0.15) is 29.0 Å². The van der Waals surface area contributed by atoms with E-state index in [1.807, 2.05) is 0 Å². The zero-order chi connectivity index (χ0) is 34.4. The zero-order valence-corrected chi connectivity index (χ0v) is 28.8. The lowest BCUT2D eigenvalue weighted by molar-refractivity contribution is 0.813. The van der Waals surface area contributed by atoms with Gasteiger partial charge in [0.2, 0.25) is 0 Å². The average molecular weight is 657 g/mol. The monoisotopic (exact) mass is 656 g/mol. The fourth-order valence-corrected chi connectivity index (χ4v) is 7.10. The standard InChI is InChI=1S/C49H40N2/c1-35-14-10-22-42(30-35)47-34-41(28-29-49(47)51-45-25-13-21-40(33-45)37-17-6-3-7-18-37)38-19-11-23-43(31-38)46-26-8-9-27-48(46)50-44-24-12-20-39(32-44)36-15-4-2-5-16-36/h2-33,47,50-51H,34H2,1H3. The maximum absolute atomic E-state index is 3.82. The number of hydrogen-bond acceptors (Lipinski definition) is 2. The van der Waals surface area contributed by atoms with E-state index in [-0.39, 0.29) is 5.92 Å². The number of rotatable bonds is 9. The first-order valence-electron chi connectivity index (χ1n) is 17.7. The van der Waals surface area contributed by atoms with Crippen molar-refractivity contribution in [3.05, 3.63) is 217 Å². The van der Waals surface area contributed by atoms with Gasteiger partial charge in [-0.1, -0.05) is 157 Å². The van der Waals surface area contributed by atoms with Crippen molar-refractivity contribution in [1.82, 2.24) is 0 Å². The van der Waals surface area contributed by atoms with Crippen molar-refractivity contribution >= 4 is 22.6 Å². The van der Waals surface area contributed by atoms with Crippen molar-refractivity contribution in [2.24, 2.45) is 0 Å². The Hall–Kier alpha value is -6.38. The summed E-state index contributed by atoms with van der Waals surface area (Å²) in [5.74, 6) is 0.194. The van der Waals surface area contributed by atoms with Crippen LogP contribution in [-0.4, -0.2) is 0 Å². The van der Waals surface area contributed by atoms with Crippen molar-refractivity contribution in [3.8, 4) is 33.4 Å². The summed E-state index contributed by atoms with van der Waals surface area (Å²) in [5.41, 5.74) is 16.8. The summed E-state index contributed by atoms with van der Waals surface area (Å²) in [4.78, 5) is 0. The predicted octanol–water partition coefficient (Wildman–Crippen LogP) is 13.3. The number of allylic oxidation sites excluding steroid dienone is 4. The van der Waals surface area contributed by atoms with Crippen LogP contribution in [0.3, 0.4) is 0 Å². The predicted molar refractivity (Wildman–Crippen MR) is 217 cm³/mol. The third-order valence-electron chi connectivity index (χ3n) is 9.69. The molecule has 0 saturated heterocycles. The molecule has 51 heavy (non-hydrogen) atoms. The molecule has 0 fully saturated rings. The van der Waals surface area contributed by atoms with E-state index in [1.165, 1.54) is 61.3 Å². The number of benzene rings is 7. The molecular formula is C49H40N2. The van der Waals surface area contributed by atoms with Gasteiger partial charge in [0.25, 0.3) is 0 Å². The molecule has 0 radical (unpaired) electrons. The molecule has 2 nitrogen and oxygen atoms in total. The zero-order valence-electron chi connectivity index (χ0n) is 28.8. The molecule has 7 aromatic rings. The number of aryl methyl sites for hydroxylation is 1. The number of anilines is 3. The smallest absolute Gasteiger partial charge is 0.0463 e. The lowest BCUT2D eigenvalue weighted by atomic mass is 9.82. The second-order valence-electron chi connectivity index (χ2n) is 13.3. The van der Waals surface area contributed by atoms with Crippen LogP contribution in [0.25, 0.3) is 39.0 Å². The Kier molecular flexibility index (Phi) is 9.13. The molecule has 0 saturated carbocycles. The summed E-state index contributed by atoms with van der Waals surface area (Å²) < 4.78 is 0. The van der Waals surface area contributed by atoms with Gasteiger partial charge in [0.15, 0.2) is 0 Å². The van der Waals surface area contributed by atoms with E-state index in [4.69, 9.17) is 0 Å². The van der Waals surface area contributed by atoms with E-state index in [0.29, 0.717) is 0 Å². The van der Waals surface area contributed by atoms with Crippen LogP contribution in [0.5, 0.6) is 0 Å². The Morgan fingerprint density at radius 3 is 1.71 bits per heavy atom. The van der Waals surface area contributed by atoms with Crippen LogP contribution < -0.4 is 10.6 Å². The van der Waals surface area contributed by atoms with Crippen LogP contribution >= 0.6 is 0 Å². The molecule has 2 N–H and O–H groups in total. The van der Waals surface area contributed by atoms with Gasteiger partial charge >= 0.3 is 0 Å². The van der Waals surface area contributed by atoms with Crippen LogP contribution in [0.2, 0.25) is 0 Å². The van der Waals surface area contributed by atoms with E-state index in [9.17, 15) is 0 Å². The normalized spacial score (nSPS) is 13.9. The fraction of sp³-hybridized carbons (Fsp3) is 0.0612. The molecule has 1 aliphatic carbocycles. The molecule has 0 bridgehead atoms. The third kappa shape index (κ3) is 7.32. The molecule has 7 aromatic carbocycles. The first-order chi connectivity index (χ1) is 25.2. The topological polar surface area (TPSA) is 24.1 Å². The molecule has 0 amide bonds. The number of nitrogens with one attached hydrogen (secondary N) is 2. The summed E-state index contributed by atoms with van der Waals surface area (Å²) in [7, 11) is 0. The van der Waals surface area contributed by atoms with Gasteiger partial charge < -0.3 is 10.6 Å². The number of hydrogen-bond donors (Lipinski definition) is 2. The highest BCUT2D eigenvalue weighted by atomic mass is 14.9. The second kappa shape index (κ2) is 14.6.